The molecule has 1 heteroatoms. The number of rotatable bonds is 1. The third kappa shape index (κ3) is 26.3. The van der Waals surface area contributed by atoms with Crippen molar-refractivity contribution in [1.82, 2.24) is 0 Å². The molecule has 0 nitrogen and oxygen atoms in total. The van der Waals surface area contributed by atoms with Crippen molar-refractivity contribution in [1.29, 1.82) is 0 Å². The smallest absolute Gasteiger partial charge is 0.0158 e. The van der Waals surface area contributed by atoms with Crippen LogP contribution in [0.2, 0.25) is 0 Å². The third-order valence-electron chi connectivity index (χ3n) is 9.50. The fourth-order valence-electron chi connectivity index (χ4n) is 6.78. The molecular formula is C65H94Y-2. The zero-order valence-electron chi connectivity index (χ0n) is 46.3. The Bertz CT molecular complexity index is 2040. The SMILES string of the molecule is CC(C)(C)C.CC(C)(C)C.CC(C)(C)C.CC(C)(C)C.CC1(C)C=Cc2ccccc21.CC1(C)CCc2ccccc21.CC1(C)c2ccccc2-c2ccccc21.[CH-]=Cc1[c-]cccc1.[Y]. The maximum absolute atomic E-state index is 5.19. The second-order valence-electron chi connectivity index (χ2n) is 25.9. The zero-order valence-corrected chi connectivity index (χ0v) is 49.2. The number of benzene rings is 5. The van der Waals surface area contributed by atoms with Crippen molar-refractivity contribution in [3.05, 3.63) is 179 Å². The minimum Gasteiger partial charge on any atom is -0.344 e. The first-order valence-corrected chi connectivity index (χ1v) is 24.1. The third-order valence-corrected chi connectivity index (χ3v) is 9.50. The second-order valence-corrected chi connectivity index (χ2v) is 25.9. The molecule has 0 aromatic heterocycles. The molecule has 0 N–H and O–H groups in total. The van der Waals surface area contributed by atoms with Gasteiger partial charge in [0.25, 0.3) is 0 Å². The first-order chi connectivity index (χ1) is 29.5. The molecule has 0 unspecified atom stereocenters. The number of allylic oxidation sites excluding steroid dienone is 1. The van der Waals surface area contributed by atoms with E-state index >= 15 is 0 Å². The molecule has 0 fully saturated rings. The maximum atomic E-state index is 5.19. The Morgan fingerprint density at radius 2 is 0.833 bits per heavy atom. The van der Waals surface area contributed by atoms with E-state index in [0.29, 0.717) is 27.1 Å². The molecule has 0 heterocycles. The van der Waals surface area contributed by atoms with E-state index < -0.39 is 0 Å². The van der Waals surface area contributed by atoms with E-state index in [9.17, 15) is 0 Å². The molecule has 0 amide bonds. The van der Waals surface area contributed by atoms with E-state index in [-0.39, 0.29) is 43.5 Å². The summed E-state index contributed by atoms with van der Waals surface area (Å²) in [5, 5.41) is 0. The van der Waals surface area contributed by atoms with Gasteiger partial charge in [-0.15, -0.1) is 6.07 Å². The maximum Gasteiger partial charge on any atom is 0.0158 e. The van der Waals surface area contributed by atoms with Gasteiger partial charge in [-0.1, -0.05) is 262 Å². The Kier molecular flexibility index (Phi) is 25.7. The van der Waals surface area contributed by atoms with E-state index in [1.165, 1.54) is 52.3 Å². The summed E-state index contributed by atoms with van der Waals surface area (Å²) >= 11 is 0. The van der Waals surface area contributed by atoms with Gasteiger partial charge in [-0.05, 0) is 84.4 Å². The molecule has 8 rings (SSSR count). The molecule has 3 aliphatic carbocycles. The summed E-state index contributed by atoms with van der Waals surface area (Å²) in [6, 6.07) is 45.3. The topological polar surface area (TPSA) is 0 Å². The van der Waals surface area contributed by atoms with Crippen molar-refractivity contribution in [2.45, 2.75) is 181 Å². The van der Waals surface area contributed by atoms with E-state index in [2.05, 4.69) is 268 Å². The molecule has 0 aliphatic heterocycles. The number of hydrogen-bond donors (Lipinski definition) is 0. The summed E-state index contributed by atoms with van der Waals surface area (Å²) in [6.07, 6.45) is 8.57. The van der Waals surface area contributed by atoms with Crippen LogP contribution in [0.4, 0.5) is 0 Å². The van der Waals surface area contributed by atoms with E-state index in [1.807, 2.05) is 24.3 Å². The predicted molar refractivity (Wildman–Crippen MR) is 295 cm³/mol. The summed E-state index contributed by atoms with van der Waals surface area (Å²) in [4.78, 5) is 0. The van der Waals surface area contributed by atoms with Gasteiger partial charge < -0.3 is 18.2 Å². The first-order valence-electron chi connectivity index (χ1n) is 24.1. The Balaban J connectivity index is 0.000000760. The fraction of sp³-hybridized carbons (Fsp3) is 0.477. The molecule has 66 heavy (non-hydrogen) atoms. The van der Waals surface area contributed by atoms with Crippen LogP contribution in [0.5, 0.6) is 0 Å². The minimum absolute atomic E-state index is 0. The van der Waals surface area contributed by atoms with Gasteiger partial charge in [0, 0.05) is 43.5 Å². The minimum atomic E-state index is 0. The zero-order chi connectivity index (χ0) is 50.1. The first kappa shape index (κ1) is 62.7. The molecular weight excluding hydrogens is 870 g/mol. The van der Waals surface area contributed by atoms with Gasteiger partial charge in [-0.2, -0.15) is 12.1 Å². The standard InChI is InChI=1S/C15H14.C11H14.C11H12.C8H6.4C5H12.Y/c1-15(2)13-9-5-3-7-11(13)12-8-4-6-10-14(12)15;2*1-11(2)8-7-9-5-3-4-6-10(9)11;1-2-8-6-4-3-5-7-8;4*1-5(2,3)4;/h3-10H,1-2H3;3-6H,7-8H2,1-2H3;3-8H,1-2H3;1-6H;4*1-4H3;/q;;;-2;;;;;. The predicted octanol–water partition coefficient (Wildman–Crippen LogP) is 20.0. The van der Waals surface area contributed by atoms with Crippen LogP contribution in [0, 0.1) is 34.3 Å². The monoisotopic (exact) mass is 964 g/mol. The van der Waals surface area contributed by atoms with Crippen LogP contribution in [-0.4, -0.2) is 0 Å². The van der Waals surface area contributed by atoms with E-state index in [4.69, 9.17) is 6.58 Å². The van der Waals surface area contributed by atoms with Crippen LogP contribution >= 0.6 is 0 Å². The van der Waals surface area contributed by atoms with Crippen molar-refractivity contribution in [3.8, 4) is 11.1 Å². The fourth-order valence-corrected chi connectivity index (χ4v) is 6.78. The van der Waals surface area contributed by atoms with Crippen LogP contribution < -0.4 is 0 Å². The average Bonchev–Trinajstić information content (AvgIpc) is 3.75. The van der Waals surface area contributed by atoms with E-state index in [1.54, 1.807) is 11.1 Å². The number of hydrogen-bond acceptors (Lipinski definition) is 0. The Morgan fingerprint density at radius 1 is 0.470 bits per heavy atom. The largest absolute Gasteiger partial charge is 0.344 e. The summed E-state index contributed by atoms with van der Waals surface area (Å²) in [5.41, 5.74) is 15.4. The molecule has 5 aromatic carbocycles. The van der Waals surface area contributed by atoms with Gasteiger partial charge in [0.1, 0.15) is 0 Å². The van der Waals surface area contributed by atoms with Crippen molar-refractivity contribution < 1.29 is 32.7 Å². The number of fused-ring (bicyclic) bond motifs is 5. The molecule has 0 bridgehead atoms. The Hall–Kier alpha value is -3.32. The average molecular weight is 964 g/mol. The van der Waals surface area contributed by atoms with Crippen molar-refractivity contribution >= 4 is 12.2 Å². The van der Waals surface area contributed by atoms with Gasteiger partial charge in [0.2, 0.25) is 0 Å². The van der Waals surface area contributed by atoms with E-state index in [0.717, 1.165) is 5.56 Å². The van der Waals surface area contributed by atoms with Crippen molar-refractivity contribution in [2.24, 2.45) is 21.7 Å². The molecule has 0 saturated carbocycles. The summed E-state index contributed by atoms with van der Waals surface area (Å²) in [5.74, 6) is 0. The van der Waals surface area contributed by atoms with Gasteiger partial charge in [0.05, 0.1) is 0 Å². The Labute approximate surface area is 434 Å². The van der Waals surface area contributed by atoms with Crippen molar-refractivity contribution in [2.75, 3.05) is 0 Å². The normalized spacial score (nSPS) is 14.6. The molecule has 0 atom stereocenters. The summed E-state index contributed by atoms with van der Waals surface area (Å²) < 4.78 is 0. The quantitative estimate of drug-likeness (QED) is 0.147. The molecule has 3 aliphatic rings. The molecule has 0 saturated heterocycles. The number of aryl methyl sites for hydroxylation is 1. The second kappa shape index (κ2) is 27.0. The van der Waals surface area contributed by atoms with Gasteiger partial charge in [-0.25, -0.2) is 12.1 Å². The Morgan fingerprint density at radius 3 is 1.20 bits per heavy atom. The van der Waals surface area contributed by atoms with Gasteiger partial charge in [-0.3, -0.25) is 0 Å². The van der Waals surface area contributed by atoms with Gasteiger partial charge >= 0.3 is 0 Å². The van der Waals surface area contributed by atoms with Crippen LogP contribution in [0.15, 0.2) is 127 Å². The summed E-state index contributed by atoms with van der Waals surface area (Å²) in [7, 11) is 0. The van der Waals surface area contributed by atoms with Crippen LogP contribution in [-0.2, 0) is 55.4 Å². The molecule has 5 aromatic rings. The molecule has 1 radical (unpaired) electrons. The van der Waals surface area contributed by atoms with Gasteiger partial charge in [0.15, 0.2) is 0 Å². The molecule has 0 spiro atoms. The molecule has 359 valence electrons. The van der Waals surface area contributed by atoms with Crippen LogP contribution in [0.1, 0.15) is 198 Å². The summed E-state index contributed by atoms with van der Waals surface area (Å²) in [6.45, 7) is 54.0. The van der Waals surface area contributed by atoms with Crippen LogP contribution in [0.3, 0.4) is 0 Å². The van der Waals surface area contributed by atoms with Crippen LogP contribution in [0.25, 0.3) is 23.3 Å². The van der Waals surface area contributed by atoms with Crippen molar-refractivity contribution in [3.63, 3.8) is 0 Å².